The summed E-state index contributed by atoms with van der Waals surface area (Å²) in [5.74, 6) is -3.91. The van der Waals surface area contributed by atoms with Gasteiger partial charge in [-0.05, 0) is 22.0 Å². The first-order valence-electron chi connectivity index (χ1n) is 3.19. The summed E-state index contributed by atoms with van der Waals surface area (Å²) in [6.07, 6.45) is 0. The molecule has 0 amide bonds. The molecular weight excluding hydrogens is 267 g/mol. The first-order valence-corrected chi connectivity index (χ1v) is 4.80. The van der Waals surface area contributed by atoms with Gasteiger partial charge in [0.1, 0.15) is 5.52 Å². The highest BCUT2D eigenvalue weighted by Gasteiger charge is 2.16. The van der Waals surface area contributed by atoms with Crippen LogP contribution in [0, 0.1) is 17.5 Å². The topological polar surface area (TPSA) is 12.9 Å². The monoisotopic (exact) mass is 267 g/mol. The summed E-state index contributed by atoms with van der Waals surface area (Å²) in [5.41, 5.74) is -0.143. The van der Waals surface area contributed by atoms with Gasteiger partial charge < -0.3 is 0 Å². The van der Waals surface area contributed by atoms with Gasteiger partial charge in [0.2, 0.25) is 0 Å². The molecule has 0 saturated heterocycles. The molecule has 0 bridgehead atoms. The van der Waals surface area contributed by atoms with Crippen LogP contribution < -0.4 is 0 Å². The van der Waals surface area contributed by atoms with Crippen LogP contribution in [0.2, 0.25) is 0 Å². The van der Waals surface area contributed by atoms with Crippen molar-refractivity contribution in [1.29, 1.82) is 0 Å². The van der Waals surface area contributed by atoms with Crippen molar-refractivity contribution in [3.63, 3.8) is 0 Å². The summed E-state index contributed by atoms with van der Waals surface area (Å²) in [7, 11) is 0. The van der Waals surface area contributed by atoms with E-state index in [4.69, 9.17) is 0 Å². The van der Waals surface area contributed by atoms with Crippen LogP contribution in [0.3, 0.4) is 0 Å². The van der Waals surface area contributed by atoms with E-state index in [1.165, 1.54) is 0 Å². The van der Waals surface area contributed by atoms with E-state index in [1.54, 1.807) is 0 Å². The fraction of sp³-hybridized carbons (Fsp3) is 0. The van der Waals surface area contributed by atoms with E-state index < -0.39 is 17.5 Å². The average Bonchev–Trinajstić information content (AvgIpc) is 2.42. The number of aromatic nitrogens is 1. The predicted octanol–water partition coefficient (Wildman–Crippen LogP) is 3.48. The Morgan fingerprint density at radius 2 is 1.92 bits per heavy atom. The molecule has 68 valence electrons. The molecule has 1 nitrogen and oxygen atoms in total. The van der Waals surface area contributed by atoms with E-state index in [-0.39, 0.29) is 10.2 Å². The maximum absolute atomic E-state index is 13.0. The first kappa shape index (κ1) is 8.96. The second-order valence-corrected chi connectivity index (χ2v) is 4.61. The molecule has 0 saturated carbocycles. The number of rotatable bonds is 0. The Morgan fingerprint density at radius 1 is 1.23 bits per heavy atom. The molecule has 0 unspecified atom stereocenters. The highest BCUT2D eigenvalue weighted by molar-refractivity contribution is 9.11. The molecule has 0 atom stereocenters. The van der Waals surface area contributed by atoms with Gasteiger partial charge in [-0.15, -0.1) is 11.3 Å². The molecule has 13 heavy (non-hydrogen) atoms. The number of nitrogens with zero attached hydrogens (tertiary/aromatic N) is 1. The van der Waals surface area contributed by atoms with Crippen molar-refractivity contribution in [2.45, 2.75) is 0 Å². The molecule has 6 heteroatoms. The second kappa shape index (κ2) is 2.95. The van der Waals surface area contributed by atoms with Crippen LogP contribution in [0.4, 0.5) is 13.2 Å². The van der Waals surface area contributed by atoms with Gasteiger partial charge >= 0.3 is 0 Å². The molecule has 0 aliphatic heterocycles. The summed E-state index contributed by atoms with van der Waals surface area (Å²) in [6, 6.07) is 0.927. The highest BCUT2D eigenvalue weighted by atomic mass is 79.9. The van der Waals surface area contributed by atoms with E-state index in [2.05, 4.69) is 20.9 Å². The van der Waals surface area contributed by atoms with Crippen molar-refractivity contribution in [2.75, 3.05) is 0 Å². The minimum absolute atomic E-state index is 0.143. The smallest absolute Gasteiger partial charge is 0.196 e. The van der Waals surface area contributed by atoms with Crippen molar-refractivity contribution in [3.8, 4) is 0 Å². The standard InChI is InChI=1S/C7HBrF3NS/c8-7-12-6-3(13-7)1-2(9)4(10)5(6)11/h1H. The normalized spacial score (nSPS) is 11.1. The van der Waals surface area contributed by atoms with E-state index >= 15 is 0 Å². The lowest BCUT2D eigenvalue weighted by Gasteiger charge is -1.94. The number of fused-ring (bicyclic) bond motifs is 1. The lowest BCUT2D eigenvalue weighted by Crippen LogP contribution is -1.90. The van der Waals surface area contributed by atoms with Crippen molar-refractivity contribution >= 4 is 37.5 Å². The van der Waals surface area contributed by atoms with Gasteiger partial charge in [-0.2, -0.15) is 0 Å². The summed E-state index contributed by atoms with van der Waals surface area (Å²) < 4.78 is 39.0. The van der Waals surface area contributed by atoms with Crippen molar-refractivity contribution in [3.05, 3.63) is 27.4 Å². The second-order valence-electron chi connectivity index (χ2n) is 2.30. The number of hydrogen-bond acceptors (Lipinski definition) is 2. The molecule has 1 aromatic carbocycles. The quantitative estimate of drug-likeness (QED) is 0.666. The zero-order valence-corrected chi connectivity index (χ0v) is 8.35. The molecule has 0 radical (unpaired) electrons. The van der Waals surface area contributed by atoms with Gasteiger partial charge in [0.25, 0.3) is 0 Å². The average molecular weight is 268 g/mol. The van der Waals surface area contributed by atoms with Crippen molar-refractivity contribution < 1.29 is 13.2 Å². The van der Waals surface area contributed by atoms with Crippen LogP contribution in [0.5, 0.6) is 0 Å². The van der Waals surface area contributed by atoms with Gasteiger partial charge in [-0.1, -0.05) is 0 Å². The van der Waals surface area contributed by atoms with Crippen molar-refractivity contribution in [1.82, 2.24) is 4.98 Å². The fourth-order valence-corrected chi connectivity index (χ4v) is 2.36. The van der Waals surface area contributed by atoms with Gasteiger partial charge in [0.15, 0.2) is 21.4 Å². The zero-order chi connectivity index (χ0) is 9.59. The molecule has 0 aliphatic rings. The Bertz CT molecular complexity index is 482. The maximum Gasteiger partial charge on any atom is 0.196 e. The summed E-state index contributed by atoms with van der Waals surface area (Å²) in [5, 5.41) is 0. The Labute approximate surface area is 83.3 Å². The molecule has 2 aromatic rings. The fourth-order valence-electron chi connectivity index (χ4n) is 0.947. The van der Waals surface area contributed by atoms with E-state index in [0.717, 1.165) is 17.4 Å². The summed E-state index contributed by atoms with van der Waals surface area (Å²) >= 11 is 4.05. The Morgan fingerprint density at radius 3 is 2.62 bits per heavy atom. The molecule has 2 rings (SSSR count). The molecular formula is C7HBrF3NS. The minimum Gasteiger partial charge on any atom is -0.226 e. The zero-order valence-electron chi connectivity index (χ0n) is 5.94. The van der Waals surface area contributed by atoms with Crippen LogP contribution >= 0.6 is 27.3 Å². The Hall–Kier alpha value is -0.620. The van der Waals surface area contributed by atoms with Gasteiger partial charge in [-0.25, -0.2) is 18.2 Å². The van der Waals surface area contributed by atoms with Crippen LogP contribution in [0.25, 0.3) is 10.2 Å². The molecule has 0 fully saturated rings. The lowest BCUT2D eigenvalue weighted by molar-refractivity contribution is 0.453. The number of benzene rings is 1. The summed E-state index contributed by atoms with van der Waals surface area (Å²) in [6.45, 7) is 0. The molecule has 0 spiro atoms. The third-order valence-corrected chi connectivity index (χ3v) is 2.95. The molecule has 0 N–H and O–H groups in total. The van der Waals surface area contributed by atoms with Crippen LogP contribution in [0.1, 0.15) is 0 Å². The first-order chi connectivity index (χ1) is 6.09. The number of hydrogen-bond donors (Lipinski definition) is 0. The Balaban J connectivity index is 2.92. The third kappa shape index (κ3) is 1.34. The third-order valence-electron chi connectivity index (χ3n) is 1.50. The van der Waals surface area contributed by atoms with E-state index in [1.807, 2.05) is 0 Å². The minimum atomic E-state index is -1.48. The number of thiazole rings is 1. The van der Waals surface area contributed by atoms with Gasteiger partial charge in [0.05, 0.1) is 4.70 Å². The maximum atomic E-state index is 13.0. The Kier molecular flexibility index (Phi) is 2.03. The predicted molar refractivity (Wildman–Crippen MR) is 47.2 cm³/mol. The largest absolute Gasteiger partial charge is 0.226 e. The molecule has 1 aromatic heterocycles. The molecule has 1 heterocycles. The SMILES string of the molecule is Fc1cc2sc(Br)nc2c(F)c1F. The van der Waals surface area contributed by atoms with Crippen LogP contribution in [-0.4, -0.2) is 4.98 Å². The van der Waals surface area contributed by atoms with Crippen molar-refractivity contribution in [2.24, 2.45) is 0 Å². The highest BCUT2D eigenvalue weighted by Crippen LogP contribution is 2.30. The van der Waals surface area contributed by atoms with Crippen LogP contribution in [-0.2, 0) is 0 Å². The number of halogens is 4. The van der Waals surface area contributed by atoms with E-state index in [9.17, 15) is 13.2 Å². The van der Waals surface area contributed by atoms with E-state index in [0.29, 0.717) is 3.92 Å². The van der Waals surface area contributed by atoms with Crippen LogP contribution in [0.15, 0.2) is 9.98 Å². The molecule has 0 aliphatic carbocycles. The van der Waals surface area contributed by atoms with Gasteiger partial charge in [0, 0.05) is 0 Å². The lowest BCUT2D eigenvalue weighted by atomic mass is 10.3. The van der Waals surface area contributed by atoms with Gasteiger partial charge in [-0.3, -0.25) is 0 Å². The summed E-state index contributed by atoms with van der Waals surface area (Å²) in [4.78, 5) is 3.67.